The highest BCUT2D eigenvalue weighted by molar-refractivity contribution is 7.89. The van der Waals surface area contributed by atoms with Crippen LogP contribution in [0.15, 0.2) is 47.4 Å². The van der Waals surface area contributed by atoms with Gasteiger partial charge in [-0.05, 0) is 42.8 Å². The van der Waals surface area contributed by atoms with Gasteiger partial charge in [-0.25, -0.2) is 13.6 Å². The summed E-state index contributed by atoms with van der Waals surface area (Å²) in [6.45, 7) is 1.81. The zero-order chi connectivity index (χ0) is 15.6. The molecule has 21 heavy (non-hydrogen) atoms. The van der Waals surface area contributed by atoms with E-state index in [4.69, 9.17) is 10.9 Å². The molecule has 6 nitrogen and oxygen atoms in total. The minimum Gasteiger partial charge on any atom is -0.399 e. The number of aryl methyl sites for hydroxylation is 1. The molecule has 0 radical (unpaired) electrons. The van der Waals surface area contributed by atoms with E-state index < -0.39 is 15.9 Å². The van der Waals surface area contributed by atoms with Crippen LogP contribution in [0.5, 0.6) is 0 Å². The van der Waals surface area contributed by atoms with Gasteiger partial charge in [0.1, 0.15) is 4.90 Å². The van der Waals surface area contributed by atoms with Gasteiger partial charge in [0.2, 0.25) is 10.0 Å². The predicted molar refractivity (Wildman–Crippen MR) is 81.4 cm³/mol. The van der Waals surface area contributed by atoms with Crippen LogP contribution in [0.1, 0.15) is 15.9 Å². The van der Waals surface area contributed by atoms with E-state index in [0.717, 1.165) is 5.56 Å². The summed E-state index contributed by atoms with van der Waals surface area (Å²) < 4.78 is 23.0. The van der Waals surface area contributed by atoms with Gasteiger partial charge in [0.25, 0.3) is 5.91 Å². The monoisotopic (exact) mass is 305 g/mol. The van der Waals surface area contributed by atoms with Crippen LogP contribution in [0.4, 0.5) is 11.4 Å². The first kappa shape index (κ1) is 15.0. The first-order chi connectivity index (χ1) is 9.77. The Bertz CT molecular complexity index is 781. The highest BCUT2D eigenvalue weighted by Crippen LogP contribution is 2.21. The predicted octanol–water partition coefficient (Wildman–Crippen LogP) is 1.48. The van der Waals surface area contributed by atoms with Gasteiger partial charge >= 0.3 is 0 Å². The molecule has 0 aliphatic carbocycles. The minimum atomic E-state index is -3.92. The summed E-state index contributed by atoms with van der Waals surface area (Å²) >= 11 is 0. The van der Waals surface area contributed by atoms with E-state index in [1.165, 1.54) is 24.3 Å². The summed E-state index contributed by atoms with van der Waals surface area (Å²) in [5.74, 6) is -0.457. The zero-order valence-electron chi connectivity index (χ0n) is 11.3. The second kappa shape index (κ2) is 5.55. The topological polar surface area (TPSA) is 115 Å². The van der Waals surface area contributed by atoms with Crippen molar-refractivity contribution in [2.45, 2.75) is 11.8 Å². The highest BCUT2D eigenvalue weighted by atomic mass is 32.2. The molecule has 0 aliphatic rings. The first-order valence-corrected chi connectivity index (χ1v) is 7.62. The second-order valence-corrected chi connectivity index (χ2v) is 6.16. The number of primary sulfonamides is 1. The minimum absolute atomic E-state index is 0.130. The van der Waals surface area contributed by atoms with E-state index in [0.29, 0.717) is 11.3 Å². The second-order valence-electron chi connectivity index (χ2n) is 4.63. The van der Waals surface area contributed by atoms with Crippen molar-refractivity contribution in [3.05, 3.63) is 53.6 Å². The van der Waals surface area contributed by atoms with Gasteiger partial charge in [-0.1, -0.05) is 12.1 Å². The van der Waals surface area contributed by atoms with Crippen LogP contribution < -0.4 is 16.2 Å². The van der Waals surface area contributed by atoms with E-state index in [1.54, 1.807) is 18.2 Å². The number of rotatable bonds is 3. The summed E-state index contributed by atoms with van der Waals surface area (Å²) in [6.07, 6.45) is 0. The van der Waals surface area contributed by atoms with Crippen LogP contribution in [-0.4, -0.2) is 14.3 Å². The van der Waals surface area contributed by atoms with E-state index in [9.17, 15) is 13.2 Å². The quantitative estimate of drug-likeness (QED) is 0.745. The number of nitrogens with one attached hydrogen (secondary N) is 1. The number of benzene rings is 2. The number of para-hydroxylation sites is 1. The molecule has 0 bridgehead atoms. The van der Waals surface area contributed by atoms with Crippen molar-refractivity contribution >= 4 is 27.3 Å². The molecule has 0 spiro atoms. The Hall–Kier alpha value is -2.38. The summed E-state index contributed by atoms with van der Waals surface area (Å²) in [4.78, 5) is 12.1. The maximum atomic E-state index is 12.2. The average molecular weight is 305 g/mol. The van der Waals surface area contributed by atoms with E-state index in [1.807, 2.05) is 6.92 Å². The largest absolute Gasteiger partial charge is 0.399 e. The number of nitrogen functional groups attached to an aromatic ring is 1. The molecule has 0 aromatic heterocycles. The number of amides is 1. The number of hydrogen-bond acceptors (Lipinski definition) is 4. The summed E-state index contributed by atoms with van der Waals surface area (Å²) in [7, 11) is -3.92. The molecule has 5 N–H and O–H groups in total. The molecule has 0 heterocycles. The standard InChI is InChI=1S/C14H15N3O3S/c1-9-6-10(8-11(15)7-9)14(18)17-12-4-2-3-5-13(12)21(16,19)20/h2-8H,15H2,1H3,(H,17,18)(H2,16,19,20). The SMILES string of the molecule is Cc1cc(N)cc(C(=O)Nc2ccccc2S(N)(=O)=O)c1. The lowest BCUT2D eigenvalue weighted by Gasteiger charge is -2.10. The Morgan fingerprint density at radius 1 is 1.14 bits per heavy atom. The fourth-order valence-electron chi connectivity index (χ4n) is 1.96. The number of sulfonamides is 1. The first-order valence-electron chi connectivity index (χ1n) is 6.08. The Morgan fingerprint density at radius 3 is 2.43 bits per heavy atom. The number of carbonyl (C=O) groups excluding carboxylic acids is 1. The summed E-state index contributed by atoms with van der Waals surface area (Å²) in [5, 5.41) is 7.66. The number of nitrogens with two attached hydrogens (primary N) is 2. The van der Waals surface area contributed by atoms with Gasteiger partial charge in [0.15, 0.2) is 0 Å². The van der Waals surface area contributed by atoms with Crippen molar-refractivity contribution in [2.24, 2.45) is 5.14 Å². The van der Waals surface area contributed by atoms with E-state index in [2.05, 4.69) is 5.32 Å². The summed E-state index contributed by atoms with van der Waals surface area (Å²) in [5.41, 5.74) is 7.46. The van der Waals surface area contributed by atoms with E-state index >= 15 is 0 Å². The molecule has 2 aromatic rings. The number of hydrogen-bond donors (Lipinski definition) is 3. The van der Waals surface area contributed by atoms with Crippen molar-refractivity contribution in [3.8, 4) is 0 Å². The molecule has 0 saturated heterocycles. The molecule has 1 amide bonds. The van der Waals surface area contributed by atoms with Gasteiger partial charge in [-0.15, -0.1) is 0 Å². The third-order valence-corrected chi connectivity index (χ3v) is 3.77. The molecular weight excluding hydrogens is 290 g/mol. The van der Waals surface area contributed by atoms with Gasteiger partial charge < -0.3 is 11.1 Å². The van der Waals surface area contributed by atoms with Crippen LogP contribution in [0.25, 0.3) is 0 Å². The van der Waals surface area contributed by atoms with Gasteiger partial charge in [-0.3, -0.25) is 4.79 Å². The van der Waals surface area contributed by atoms with Crippen molar-refractivity contribution in [2.75, 3.05) is 11.1 Å². The van der Waals surface area contributed by atoms with Gasteiger partial charge in [-0.2, -0.15) is 0 Å². The molecule has 2 aromatic carbocycles. The Balaban J connectivity index is 2.37. The maximum Gasteiger partial charge on any atom is 0.255 e. The molecule has 7 heteroatoms. The molecular formula is C14H15N3O3S. The Kier molecular flexibility index (Phi) is 3.97. The van der Waals surface area contributed by atoms with Crippen molar-refractivity contribution < 1.29 is 13.2 Å². The van der Waals surface area contributed by atoms with Crippen LogP contribution >= 0.6 is 0 Å². The normalized spacial score (nSPS) is 11.1. The van der Waals surface area contributed by atoms with E-state index in [-0.39, 0.29) is 10.6 Å². The van der Waals surface area contributed by atoms with Crippen LogP contribution in [0.3, 0.4) is 0 Å². The lowest BCUT2D eigenvalue weighted by Crippen LogP contribution is -2.18. The van der Waals surface area contributed by atoms with Gasteiger partial charge in [0, 0.05) is 11.3 Å². The van der Waals surface area contributed by atoms with Crippen LogP contribution in [0, 0.1) is 6.92 Å². The average Bonchev–Trinajstić information content (AvgIpc) is 2.37. The van der Waals surface area contributed by atoms with Crippen LogP contribution in [0.2, 0.25) is 0 Å². The van der Waals surface area contributed by atoms with Gasteiger partial charge in [0.05, 0.1) is 5.69 Å². The molecule has 0 saturated carbocycles. The maximum absolute atomic E-state index is 12.2. The molecule has 110 valence electrons. The smallest absolute Gasteiger partial charge is 0.255 e. The number of anilines is 2. The lowest BCUT2D eigenvalue weighted by molar-refractivity contribution is 0.102. The van der Waals surface area contributed by atoms with Crippen LogP contribution in [-0.2, 0) is 10.0 Å². The Morgan fingerprint density at radius 2 is 1.81 bits per heavy atom. The van der Waals surface area contributed by atoms with Crippen molar-refractivity contribution in [1.82, 2.24) is 0 Å². The zero-order valence-corrected chi connectivity index (χ0v) is 12.1. The molecule has 0 unspecified atom stereocenters. The van der Waals surface area contributed by atoms with Crippen molar-refractivity contribution in [3.63, 3.8) is 0 Å². The Labute approximate surface area is 122 Å². The third kappa shape index (κ3) is 3.59. The molecule has 2 rings (SSSR count). The fourth-order valence-corrected chi connectivity index (χ4v) is 2.65. The van der Waals surface area contributed by atoms with Crippen molar-refractivity contribution in [1.29, 1.82) is 0 Å². The summed E-state index contributed by atoms with van der Waals surface area (Å²) in [6, 6.07) is 10.8. The third-order valence-electron chi connectivity index (χ3n) is 2.80. The molecule has 0 aliphatic heterocycles. The fraction of sp³-hybridized carbons (Fsp3) is 0.0714. The number of carbonyl (C=O) groups is 1. The molecule has 0 fully saturated rings. The molecule has 0 atom stereocenters. The highest BCUT2D eigenvalue weighted by Gasteiger charge is 2.16. The lowest BCUT2D eigenvalue weighted by atomic mass is 10.1.